The van der Waals surface area contributed by atoms with E-state index in [1.54, 1.807) is 66.6 Å². The highest BCUT2D eigenvalue weighted by molar-refractivity contribution is 6.34. The topological polar surface area (TPSA) is 82.2 Å². The van der Waals surface area contributed by atoms with Crippen molar-refractivity contribution in [2.75, 3.05) is 50.6 Å². The van der Waals surface area contributed by atoms with Crippen LogP contribution in [0.2, 0.25) is 10.0 Å². The Morgan fingerprint density at radius 2 is 1.63 bits per heavy atom. The summed E-state index contributed by atoms with van der Waals surface area (Å²) in [5.74, 6) is -0.582. The highest BCUT2D eigenvalue weighted by Crippen LogP contribution is 2.41. The van der Waals surface area contributed by atoms with Gasteiger partial charge in [0.15, 0.2) is 0 Å². The lowest BCUT2D eigenvalue weighted by molar-refractivity contribution is -0.133. The van der Waals surface area contributed by atoms with Gasteiger partial charge in [0.2, 0.25) is 5.91 Å². The number of hydrogen-bond donors (Lipinski definition) is 1. The smallest absolute Gasteiger partial charge is 0.260 e. The van der Waals surface area contributed by atoms with E-state index < -0.39 is 6.23 Å². The minimum atomic E-state index is -0.527. The van der Waals surface area contributed by atoms with E-state index in [9.17, 15) is 14.4 Å². The van der Waals surface area contributed by atoms with Crippen molar-refractivity contribution in [1.82, 2.24) is 9.80 Å². The van der Waals surface area contributed by atoms with Crippen LogP contribution in [0.5, 0.6) is 0 Å². The number of halogens is 3. The molecule has 0 aromatic heterocycles. The van der Waals surface area contributed by atoms with Gasteiger partial charge < -0.3 is 19.9 Å². The molecule has 8 nitrogen and oxygen atoms in total. The number of amides is 3. The summed E-state index contributed by atoms with van der Waals surface area (Å²) in [6.45, 7) is 3.14. The Bertz CT molecular complexity index is 1460. The SMILES string of the molecule is COC1CCC(CC(=O)N2CCN(C)CC2)c2cc(Cl)ccc2N1C(=O)c1ccc(NC(=O)c2ccccc2Cl)cc1.Cl. The number of ether oxygens (including phenoxy) is 1. The number of rotatable bonds is 6. The Labute approximate surface area is 268 Å². The molecule has 3 aromatic carbocycles. The number of benzene rings is 3. The zero-order chi connectivity index (χ0) is 29.8. The first-order chi connectivity index (χ1) is 20.2. The Hall–Kier alpha value is -3.14. The van der Waals surface area contributed by atoms with Crippen LogP contribution in [-0.4, -0.2) is 74.1 Å². The van der Waals surface area contributed by atoms with Crippen LogP contribution in [0.3, 0.4) is 0 Å². The van der Waals surface area contributed by atoms with E-state index in [0.717, 1.165) is 18.7 Å². The molecular formula is C32H35Cl3N4O4. The minimum Gasteiger partial charge on any atom is -0.361 e. The fraction of sp³-hybridized carbons (Fsp3) is 0.344. The van der Waals surface area contributed by atoms with Gasteiger partial charge in [0.1, 0.15) is 6.23 Å². The normalized spacial score (nSPS) is 18.7. The molecule has 0 aliphatic carbocycles. The van der Waals surface area contributed by atoms with Crippen molar-refractivity contribution in [3.05, 3.63) is 93.5 Å². The molecule has 1 N–H and O–H groups in total. The second kappa shape index (κ2) is 14.6. The Balaban J connectivity index is 0.00000423. The molecule has 3 aromatic rings. The number of carbonyl (C=O) groups excluding carboxylic acids is 3. The second-order valence-electron chi connectivity index (χ2n) is 10.7. The molecular weight excluding hydrogens is 611 g/mol. The summed E-state index contributed by atoms with van der Waals surface area (Å²) in [5, 5.41) is 3.73. The van der Waals surface area contributed by atoms with Gasteiger partial charge in [-0.25, -0.2) is 0 Å². The molecule has 0 spiro atoms. The third-order valence-corrected chi connectivity index (χ3v) is 8.58. The molecule has 0 saturated carbocycles. The number of hydrogen-bond acceptors (Lipinski definition) is 5. The maximum absolute atomic E-state index is 14.0. The quantitative estimate of drug-likeness (QED) is 0.339. The summed E-state index contributed by atoms with van der Waals surface area (Å²) in [5.41, 5.74) is 2.87. The van der Waals surface area contributed by atoms with Crippen LogP contribution in [0.15, 0.2) is 66.7 Å². The summed E-state index contributed by atoms with van der Waals surface area (Å²) in [4.78, 5) is 45.8. The van der Waals surface area contributed by atoms with Crippen molar-refractivity contribution >= 4 is 64.7 Å². The van der Waals surface area contributed by atoms with Crippen molar-refractivity contribution in [3.8, 4) is 0 Å². The van der Waals surface area contributed by atoms with E-state index in [1.807, 2.05) is 17.0 Å². The van der Waals surface area contributed by atoms with Crippen molar-refractivity contribution in [2.24, 2.45) is 0 Å². The second-order valence-corrected chi connectivity index (χ2v) is 11.6. The van der Waals surface area contributed by atoms with Crippen molar-refractivity contribution in [3.63, 3.8) is 0 Å². The molecule has 2 aliphatic rings. The lowest BCUT2D eigenvalue weighted by Gasteiger charge is -2.33. The zero-order valence-corrected chi connectivity index (χ0v) is 26.4. The molecule has 2 heterocycles. The molecule has 0 radical (unpaired) electrons. The molecule has 11 heteroatoms. The van der Waals surface area contributed by atoms with E-state index in [0.29, 0.717) is 64.9 Å². The third-order valence-electron chi connectivity index (χ3n) is 8.02. The van der Waals surface area contributed by atoms with Gasteiger partial charge in [-0.1, -0.05) is 35.3 Å². The first-order valence-corrected chi connectivity index (χ1v) is 14.8. The molecule has 2 unspecified atom stereocenters. The molecule has 1 fully saturated rings. The fourth-order valence-electron chi connectivity index (χ4n) is 5.61. The van der Waals surface area contributed by atoms with Crippen LogP contribution >= 0.6 is 35.6 Å². The first-order valence-electron chi connectivity index (χ1n) is 14.0. The molecule has 2 atom stereocenters. The molecule has 43 heavy (non-hydrogen) atoms. The number of piperazine rings is 1. The first kappa shape index (κ1) is 32.8. The lowest BCUT2D eigenvalue weighted by atomic mass is 9.90. The van der Waals surface area contributed by atoms with E-state index >= 15 is 0 Å². The highest BCUT2D eigenvalue weighted by Gasteiger charge is 2.35. The van der Waals surface area contributed by atoms with Crippen LogP contribution in [0.25, 0.3) is 0 Å². The Morgan fingerprint density at radius 1 is 0.930 bits per heavy atom. The van der Waals surface area contributed by atoms with Gasteiger partial charge in [0.05, 0.1) is 16.3 Å². The Morgan fingerprint density at radius 3 is 2.30 bits per heavy atom. The monoisotopic (exact) mass is 644 g/mol. The number of nitrogens with one attached hydrogen (secondary N) is 1. The van der Waals surface area contributed by atoms with Crippen LogP contribution in [-0.2, 0) is 9.53 Å². The van der Waals surface area contributed by atoms with E-state index in [1.165, 1.54) is 0 Å². The maximum Gasteiger partial charge on any atom is 0.260 e. The summed E-state index contributed by atoms with van der Waals surface area (Å²) in [7, 11) is 3.65. The summed E-state index contributed by atoms with van der Waals surface area (Å²) < 4.78 is 5.83. The summed E-state index contributed by atoms with van der Waals surface area (Å²) in [6, 6.07) is 19.0. The van der Waals surface area contributed by atoms with Crippen LogP contribution in [0.4, 0.5) is 11.4 Å². The zero-order valence-electron chi connectivity index (χ0n) is 24.1. The molecule has 1 saturated heterocycles. The largest absolute Gasteiger partial charge is 0.361 e. The predicted molar refractivity (Wildman–Crippen MR) is 173 cm³/mol. The Kier molecular flexibility index (Phi) is 11.1. The van der Waals surface area contributed by atoms with Gasteiger partial charge in [-0.05, 0) is 86.0 Å². The number of nitrogens with zero attached hydrogens (tertiary/aromatic N) is 3. The van der Waals surface area contributed by atoms with Gasteiger partial charge in [0.25, 0.3) is 11.8 Å². The third kappa shape index (κ3) is 7.51. The standard InChI is InChI=1S/C32H34Cl2N4O4.ClH/c1-36-15-17-37(18-16-36)29(39)19-22-9-14-30(42-2)38(28-13-10-23(33)20-26(22)28)32(41)21-7-11-24(12-8-21)35-31(40)25-5-3-4-6-27(25)34;/h3-8,10-13,20,22,30H,9,14-19H2,1-2H3,(H,35,40);1H. The number of methoxy groups -OCH3 is 1. The summed E-state index contributed by atoms with van der Waals surface area (Å²) in [6.07, 6.45) is 1.04. The highest BCUT2D eigenvalue weighted by atomic mass is 35.5. The molecule has 5 rings (SSSR count). The summed E-state index contributed by atoms with van der Waals surface area (Å²) >= 11 is 12.6. The van der Waals surface area contributed by atoms with E-state index in [-0.39, 0.29) is 36.0 Å². The fourth-order valence-corrected chi connectivity index (χ4v) is 6.01. The van der Waals surface area contributed by atoms with Gasteiger partial charge in [-0.3, -0.25) is 19.3 Å². The van der Waals surface area contributed by atoms with Crippen molar-refractivity contribution in [2.45, 2.75) is 31.4 Å². The number of anilines is 2. The lowest BCUT2D eigenvalue weighted by Crippen LogP contribution is -2.47. The van der Waals surface area contributed by atoms with E-state index in [4.69, 9.17) is 27.9 Å². The van der Waals surface area contributed by atoms with Crippen LogP contribution in [0.1, 0.15) is 51.5 Å². The van der Waals surface area contributed by atoms with Gasteiger partial charge in [-0.15, -0.1) is 12.4 Å². The van der Waals surface area contributed by atoms with Gasteiger partial charge >= 0.3 is 0 Å². The molecule has 3 amide bonds. The number of likely N-dealkylation sites (N-methyl/N-ethyl adjacent to an activating group) is 1. The van der Waals surface area contributed by atoms with Crippen LogP contribution < -0.4 is 10.2 Å². The molecule has 2 aliphatic heterocycles. The van der Waals surface area contributed by atoms with Crippen molar-refractivity contribution in [1.29, 1.82) is 0 Å². The average Bonchev–Trinajstić information content (AvgIpc) is 3.14. The number of carbonyl (C=O) groups is 3. The minimum absolute atomic E-state index is 0. The maximum atomic E-state index is 14.0. The molecule has 228 valence electrons. The van der Waals surface area contributed by atoms with Crippen molar-refractivity contribution < 1.29 is 19.1 Å². The average molecular weight is 646 g/mol. The van der Waals surface area contributed by atoms with Gasteiger partial charge in [0, 0.05) is 56.0 Å². The van der Waals surface area contributed by atoms with Crippen LogP contribution in [0, 0.1) is 0 Å². The molecule has 0 bridgehead atoms. The predicted octanol–water partition coefficient (Wildman–Crippen LogP) is 6.33. The van der Waals surface area contributed by atoms with Gasteiger partial charge in [-0.2, -0.15) is 0 Å². The number of fused-ring (bicyclic) bond motifs is 1. The van der Waals surface area contributed by atoms with E-state index in [2.05, 4.69) is 17.3 Å².